The molecule has 2 aromatic carbocycles. The maximum Gasteiger partial charge on any atom is 0.279 e. The number of hydrogen-bond acceptors (Lipinski definition) is 5. The highest BCUT2D eigenvalue weighted by Crippen LogP contribution is 2.28. The summed E-state index contributed by atoms with van der Waals surface area (Å²) < 4.78 is 35.7. The molecule has 1 saturated heterocycles. The standard InChI is InChI=1S/C27H35N5O3S/c1-35-24-13-11-21(12-14-24)26-25(29-27(30-26)22-7-3-2-4-8-22)15-16-28-36(33,34)32-19-17-31(18-20-32)23-9-5-6-10-23/h2-4,7-8,11-14,23,28H,5-6,9-10,15-20H2,1H3,(H,29,30). The maximum atomic E-state index is 13.0. The lowest BCUT2D eigenvalue weighted by molar-refractivity contribution is 0.138. The Bertz CT molecular complexity index is 1230. The number of aromatic nitrogens is 2. The monoisotopic (exact) mass is 509 g/mol. The van der Waals surface area contributed by atoms with Gasteiger partial charge in [-0.3, -0.25) is 4.90 Å². The number of methoxy groups -OCH3 is 1. The van der Waals surface area contributed by atoms with Gasteiger partial charge in [0, 0.05) is 56.3 Å². The molecular formula is C27H35N5O3S. The third-order valence-corrected chi connectivity index (χ3v) is 8.92. The number of piperazine rings is 1. The number of nitrogens with zero attached hydrogens (tertiary/aromatic N) is 3. The molecule has 2 fully saturated rings. The first-order chi connectivity index (χ1) is 17.5. The largest absolute Gasteiger partial charge is 0.497 e. The summed E-state index contributed by atoms with van der Waals surface area (Å²) in [5.41, 5.74) is 3.68. The van der Waals surface area contributed by atoms with Gasteiger partial charge in [-0.05, 0) is 37.1 Å². The van der Waals surface area contributed by atoms with Crippen LogP contribution in [-0.4, -0.2) is 73.5 Å². The summed E-state index contributed by atoms with van der Waals surface area (Å²) in [7, 11) is -1.89. The number of rotatable bonds is 9. The van der Waals surface area contributed by atoms with Gasteiger partial charge in [-0.1, -0.05) is 43.2 Å². The van der Waals surface area contributed by atoms with Crippen LogP contribution in [0.25, 0.3) is 22.6 Å². The normalized spacial score (nSPS) is 18.0. The highest BCUT2D eigenvalue weighted by Gasteiger charge is 2.30. The highest BCUT2D eigenvalue weighted by molar-refractivity contribution is 7.87. The summed E-state index contributed by atoms with van der Waals surface area (Å²) in [5, 5.41) is 0. The van der Waals surface area contributed by atoms with Gasteiger partial charge >= 0.3 is 0 Å². The molecular weight excluding hydrogens is 474 g/mol. The molecule has 2 aliphatic rings. The van der Waals surface area contributed by atoms with Crippen LogP contribution in [0.1, 0.15) is 31.4 Å². The first-order valence-electron chi connectivity index (χ1n) is 12.8. The number of ether oxygens (including phenoxy) is 1. The van der Waals surface area contributed by atoms with E-state index in [-0.39, 0.29) is 6.54 Å². The fraction of sp³-hybridized carbons (Fsp3) is 0.444. The Kier molecular flexibility index (Phi) is 7.71. The number of aromatic amines is 1. The van der Waals surface area contributed by atoms with Crippen LogP contribution in [-0.2, 0) is 16.6 Å². The van der Waals surface area contributed by atoms with Crippen LogP contribution in [0.4, 0.5) is 0 Å². The molecule has 3 aromatic rings. The zero-order chi connectivity index (χ0) is 25.0. The molecule has 36 heavy (non-hydrogen) atoms. The first kappa shape index (κ1) is 25.0. The lowest BCUT2D eigenvalue weighted by atomic mass is 10.1. The summed E-state index contributed by atoms with van der Waals surface area (Å²) in [4.78, 5) is 10.8. The second-order valence-electron chi connectivity index (χ2n) is 9.52. The van der Waals surface area contributed by atoms with Crippen molar-refractivity contribution in [3.63, 3.8) is 0 Å². The zero-order valence-corrected chi connectivity index (χ0v) is 21.6. The SMILES string of the molecule is COc1ccc(-c2[nH]c(-c3ccccc3)nc2CCNS(=O)(=O)N2CCN(C3CCCC3)CC2)cc1. The molecule has 0 unspecified atom stereocenters. The number of hydrogen-bond donors (Lipinski definition) is 2. The van der Waals surface area contributed by atoms with Gasteiger partial charge in [0.1, 0.15) is 11.6 Å². The summed E-state index contributed by atoms with van der Waals surface area (Å²) >= 11 is 0. The number of imidazole rings is 1. The van der Waals surface area contributed by atoms with Crippen LogP contribution in [0.5, 0.6) is 5.75 Å². The Balaban J connectivity index is 1.26. The average molecular weight is 510 g/mol. The van der Waals surface area contributed by atoms with Crippen LogP contribution in [0.2, 0.25) is 0 Å². The fourth-order valence-electron chi connectivity index (χ4n) is 5.29. The fourth-order valence-corrected chi connectivity index (χ4v) is 6.47. The molecule has 5 rings (SSSR count). The molecule has 2 N–H and O–H groups in total. The maximum absolute atomic E-state index is 13.0. The Morgan fingerprint density at radius 1 is 0.972 bits per heavy atom. The van der Waals surface area contributed by atoms with Gasteiger partial charge in [0.25, 0.3) is 10.2 Å². The predicted molar refractivity (Wildman–Crippen MR) is 142 cm³/mol. The van der Waals surface area contributed by atoms with Crippen molar-refractivity contribution in [2.45, 2.75) is 38.1 Å². The van der Waals surface area contributed by atoms with Crippen molar-refractivity contribution < 1.29 is 13.2 Å². The van der Waals surface area contributed by atoms with Crippen LogP contribution < -0.4 is 9.46 Å². The van der Waals surface area contributed by atoms with Crippen molar-refractivity contribution in [3.05, 3.63) is 60.3 Å². The van der Waals surface area contributed by atoms with E-state index in [2.05, 4.69) is 14.6 Å². The van der Waals surface area contributed by atoms with Gasteiger partial charge in [0.2, 0.25) is 0 Å². The molecule has 1 saturated carbocycles. The van der Waals surface area contributed by atoms with Crippen molar-refractivity contribution in [1.29, 1.82) is 0 Å². The Morgan fingerprint density at radius 3 is 2.33 bits per heavy atom. The van der Waals surface area contributed by atoms with E-state index in [4.69, 9.17) is 9.72 Å². The molecule has 0 amide bonds. The molecule has 1 aromatic heterocycles. The molecule has 192 valence electrons. The molecule has 8 nitrogen and oxygen atoms in total. The van der Waals surface area contributed by atoms with Gasteiger partial charge in [-0.15, -0.1) is 0 Å². The number of benzene rings is 2. The topological polar surface area (TPSA) is 90.6 Å². The van der Waals surface area contributed by atoms with Crippen molar-refractivity contribution in [2.24, 2.45) is 0 Å². The van der Waals surface area contributed by atoms with Gasteiger partial charge in [0.15, 0.2) is 0 Å². The van der Waals surface area contributed by atoms with Gasteiger partial charge < -0.3 is 9.72 Å². The Morgan fingerprint density at radius 2 is 1.67 bits per heavy atom. The van der Waals surface area contributed by atoms with E-state index >= 15 is 0 Å². The van der Waals surface area contributed by atoms with Crippen molar-refractivity contribution >= 4 is 10.2 Å². The molecule has 0 bridgehead atoms. The summed E-state index contributed by atoms with van der Waals surface area (Å²) in [6, 6.07) is 18.4. The van der Waals surface area contributed by atoms with Crippen molar-refractivity contribution in [1.82, 2.24) is 23.9 Å². The van der Waals surface area contributed by atoms with Crippen LogP contribution >= 0.6 is 0 Å². The zero-order valence-electron chi connectivity index (χ0n) is 20.8. The lowest BCUT2D eigenvalue weighted by Gasteiger charge is -2.37. The second-order valence-corrected chi connectivity index (χ2v) is 11.3. The molecule has 1 aliphatic carbocycles. The van der Waals surface area contributed by atoms with Crippen molar-refractivity contribution in [2.75, 3.05) is 39.8 Å². The minimum Gasteiger partial charge on any atom is -0.497 e. The van der Waals surface area contributed by atoms with Gasteiger partial charge in [0.05, 0.1) is 18.5 Å². The highest BCUT2D eigenvalue weighted by atomic mass is 32.2. The van der Waals surface area contributed by atoms with E-state index in [1.165, 1.54) is 25.7 Å². The average Bonchev–Trinajstić information content (AvgIpc) is 3.60. The Hall–Kier alpha value is -2.72. The van der Waals surface area contributed by atoms with Crippen molar-refractivity contribution in [3.8, 4) is 28.4 Å². The molecule has 2 heterocycles. The molecule has 0 atom stereocenters. The molecule has 0 spiro atoms. The smallest absolute Gasteiger partial charge is 0.279 e. The summed E-state index contributed by atoms with van der Waals surface area (Å²) in [6.07, 6.45) is 5.56. The minimum absolute atomic E-state index is 0.285. The molecule has 1 aliphatic heterocycles. The molecule has 0 radical (unpaired) electrons. The second kappa shape index (κ2) is 11.1. The van der Waals surface area contributed by atoms with E-state index in [1.807, 2.05) is 54.6 Å². The minimum atomic E-state index is -3.53. The number of nitrogens with one attached hydrogen (secondary N) is 2. The van der Waals surface area contributed by atoms with Gasteiger partial charge in [-0.25, -0.2) is 9.71 Å². The van der Waals surface area contributed by atoms with Crippen LogP contribution in [0.3, 0.4) is 0 Å². The van der Waals surface area contributed by atoms with E-state index in [9.17, 15) is 8.42 Å². The van der Waals surface area contributed by atoms with Gasteiger partial charge in [-0.2, -0.15) is 12.7 Å². The van der Waals surface area contributed by atoms with E-state index < -0.39 is 10.2 Å². The Labute approximate surface area is 213 Å². The number of H-pyrrole nitrogens is 1. The summed E-state index contributed by atoms with van der Waals surface area (Å²) in [5.74, 6) is 1.55. The lowest BCUT2D eigenvalue weighted by Crippen LogP contribution is -2.54. The third-order valence-electron chi connectivity index (χ3n) is 7.31. The van der Waals surface area contributed by atoms with E-state index in [1.54, 1.807) is 11.4 Å². The molecule has 9 heteroatoms. The van der Waals surface area contributed by atoms with Crippen LogP contribution in [0, 0.1) is 0 Å². The quantitative estimate of drug-likeness (QED) is 0.459. The summed E-state index contributed by atoms with van der Waals surface area (Å²) in [6.45, 7) is 3.00. The predicted octanol–water partition coefficient (Wildman–Crippen LogP) is 3.69. The third kappa shape index (κ3) is 5.64. The van der Waals surface area contributed by atoms with E-state index in [0.717, 1.165) is 47.2 Å². The first-order valence-corrected chi connectivity index (χ1v) is 14.2. The van der Waals surface area contributed by atoms with Crippen LogP contribution in [0.15, 0.2) is 54.6 Å². The van der Waals surface area contributed by atoms with E-state index in [0.29, 0.717) is 25.6 Å².